The van der Waals surface area contributed by atoms with Gasteiger partial charge in [0.05, 0.1) is 11.9 Å². The van der Waals surface area contributed by atoms with Gasteiger partial charge in [0.15, 0.2) is 0 Å². The Morgan fingerprint density at radius 3 is 2.42 bits per heavy atom. The summed E-state index contributed by atoms with van der Waals surface area (Å²) < 4.78 is 4.27. The topological polar surface area (TPSA) is 46.5 Å². The van der Waals surface area contributed by atoms with Crippen LogP contribution in [0, 0.1) is 0 Å². The average Bonchev–Trinajstić information content (AvgIpc) is 2.07. The van der Waals surface area contributed by atoms with Crippen molar-refractivity contribution in [2.24, 2.45) is 0 Å². The molecule has 1 aromatic rings. The first-order valence-electron chi connectivity index (χ1n) is 3.31. The van der Waals surface area contributed by atoms with Crippen molar-refractivity contribution in [1.29, 1.82) is 0 Å². The summed E-state index contributed by atoms with van der Waals surface area (Å²) in [7, 11) is 0. The molecule has 4 heteroatoms. The average molecular weight is 187 g/mol. The highest BCUT2D eigenvalue weighted by atomic mass is 35.5. The largest absolute Gasteiger partial charge is 0.479 e. The van der Waals surface area contributed by atoms with Crippen LogP contribution in [0.2, 0.25) is 0 Å². The summed E-state index contributed by atoms with van der Waals surface area (Å²) in [5, 5.41) is 8.62. The van der Waals surface area contributed by atoms with E-state index in [4.69, 9.17) is 17.0 Å². The highest BCUT2D eigenvalue weighted by Crippen LogP contribution is 2.18. The third-order valence-corrected chi connectivity index (χ3v) is 1.59. The normalized spacial score (nSPS) is 12.4. The Labute approximate surface area is 74.7 Å². The van der Waals surface area contributed by atoms with Crippen molar-refractivity contribution in [3.8, 4) is 0 Å². The number of hydrogen-bond donors (Lipinski definition) is 1. The lowest BCUT2D eigenvalue weighted by atomic mass is 10.1. The molecule has 0 radical (unpaired) electrons. The van der Waals surface area contributed by atoms with Crippen molar-refractivity contribution < 1.29 is 14.2 Å². The highest BCUT2D eigenvalue weighted by Gasteiger charge is 2.19. The van der Waals surface area contributed by atoms with Crippen LogP contribution in [-0.2, 0) is 9.08 Å². The maximum absolute atomic E-state index is 10.5. The summed E-state index contributed by atoms with van der Waals surface area (Å²) in [4.78, 5) is 10.5. The van der Waals surface area contributed by atoms with Gasteiger partial charge in [-0.15, -0.1) is 0 Å². The molecule has 0 bridgehead atoms. The summed E-state index contributed by atoms with van der Waals surface area (Å²) in [5.41, 5.74) is 0.528. The molecule has 0 aromatic heterocycles. The molecular weight excluding hydrogens is 180 g/mol. The first-order valence-corrected chi connectivity index (χ1v) is 3.61. The molecule has 1 atom stereocenters. The van der Waals surface area contributed by atoms with E-state index in [0.29, 0.717) is 5.56 Å². The Balaban J connectivity index is 2.88. The molecule has 0 spiro atoms. The van der Waals surface area contributed by atoms with Crippen LogP contribution in [-0.4, -0.2) is 11.1 Å². The maximum Gasteiger partial charge on any atom is 0.339 e. The van der Waals surface area contributed by atoms with Gasteiger partial charge in [0.25, 0.3) is 0 Å². The fraction of sp³-hybridized carbons (Fsp3) is 0.125. The molecule has 12 heavy (non-hydrogen) atoms. The number of carboxylic acid groups (broad SMARTS) is 1. The Bertz CT molecular complexity index is 260. The van der Waals surface area contributed by atoms with Crippen molar-refractivity contribution >= 4 is 17.8 Å². The Morgan fingerprint density at radius 2 is 2.00 bits per heavy atom. The lowest BCUT2D eigenvalue weighted by Crippen LogP contribution is -2.11. The fourth-order valence-electron chi connectivity index (χ4n) is 0.860. The van der Waals surface area contributed by atoms with Crippen LogP contribution in [0.15, 0.2) is 30.3 Å². The van der Waals surface area contributed by atoms with Gasteiger partial charge >= 0.3 is 5.97 Å². The minimum Gasteiger partial charge on any atom is -0.479 e. The molecule has 0 fully saturated rings. The first kappa shape index (κ1) is 9.03. The number of halogens is 1. The molecule has 0 aliphatic heterocycles. The zero-order valence-corrected chi connectivity index (χ0v) is 6.86. The van der Waals surface area contributed by atoms with Gasteiger partial charge in [0.2, 0.25) is 6.10 Å². The second kappa shape index (κ2) is 4.09. The van der Waals surface area contributed by atoms with Crippen molar-refractivity contribution in [1.82, 2.24) is 0 Å². The molecule has 64 valence electrons. The van der Waals surface area contributed by atoms with Crippen LogP contribution < -0.4 is 0 Å². The third kappa shape index (κ3) is 1.96. The first-order chi connectivity index (χ1) is 5.75. The number of aliphatic carboxylic acids is 1. The number of carbonyl (C=O) groups is 1. The second-order valence-corrected chi connectivity index (χ2v) is 2.40. The van der Waals surface area contributed by atoms with Gasteiger partial charge in [-0.25, -0.2) is 4.79 Å². The van der Waals surface area contributed by atoms with Crippen LogP contribution in [0.4, 0.5) is 0 Å². The highest BCUT2D eigenvalue weighted by molar-refractivity contribution is 6.08. The zero-order chi connectivity index (χ0) is 8.97. The van der Waals surface area contributed by atoms with Crippen molar-refractivity contribution in [2.45, 2.75) is 6.10 Å². The summed E-state index contributed by atoms with van der Waals surface area (Å²) in [6.45, 7) is 0. The van der Waals surface area contributed by atoms with E-state index in [2.05, 4.69) is 4.29 Å². The van der Waals surface area contributed by atoms with Gasteiger partial charge in [0, 0.05) is 0 Å². The van der Waals surface area contributed by atoms with E-state index >= 15 is 0 Å². The van der Waals surface area contributed by atoms with E-state index in [-0.39, 0.29) is 0 Å². The van der Waals surface area contributed by atoms with Crippen LogP contribution in [0.1, 0.15) is 11.7 Å². The standard InChI is InChI=1S/C8H7ClO3/c9-12-7(8(10)11)6-4-2-1-3-5-6/h1-5,7H,(H,10,11)/t7-/m0/s1. The number of benzene rings is 1. The summed E-state index contributed by atoms with van der Waals surface area (Å²) >= 11 is 5.02. The number of hydrogen-bond acceptors (Lipinski definition) is 2. The second-order valence-electron chi connectivity index (χ2n) is 2.22. The molecule has 0 saturated carbocycles. The number of carboxylic acids is 1. The molecule has 0 aliphatic carbocycles. The molecule has 0 saturated heterocycles. The Kier molecular flexibility index (Phi) is 3.08. The maximum atomic E-state index is 10.5. The van der Waals surface area contributed by atoms with Crippen LogP contribution >= 0.6 is 11.9 Å². The predicted molar refractivity (Wildman–Crippen MR) is 43.8 cm³/mol. The van der Waals surface area contributed by atoms with Crippen LogP contribution in [0.5, 0.6) is 0 Å². The quantitative estimate of drug-likeness (QED) is 0.785. The molecule has 0 heterocycles. The molecule has 1 N–H and O–H groups in total. The summed E-state index contributed by atoms with van der Waals surface area (Å²) in [6.07, 6.45) is -1.09. The van der Waals surface area contributed by atoms with Crippen molar-refractivity contribution in [3.05, 3.63) is 35.9 Å². The monoisotopic (exact) mass is 186 g/mol. The molecule has 3 nitrogen and oxygen atoms in total. The Hall–Kier alpha value is -1.06. The van der Waals surface area contributed by atoms with Gasteiger partial charge in [-0.1, -0.05) is 30.3 Å². The lowest BCUT2D eigenvalue weighted by molar-refractivity contribution is -0.145. The SMILES string of the molecule is O=C(O)[C@@H](OCl)c1ccccc1. The smallest absolute Gasteiger partial charge is 0.339 e. The van der Waals surface area contributed by atoms with E-state index in [1.54, 1.807) is 30.3 Å². The minimum absolute atomic E-state index is 0.528. The van der Waals surface area contributed by atoms with E-state index in [9.17, 15) is 4.79 Å². The van der Waals surface area contributed by atoms with E-state index < -0.39 is 12.1 Å². The van der Waals surface area contributed by atoms with E-state index in [1.807, 2.05) is 0 Å². The van der Waals surface area contributed by atoms with Gasteiger partial charge in [-0.2, -0.15) is 0 Å². The molecule has 1 aromatic carbocycles. The van der Waals surface area contributed by atoms with E-state index in [0.717, 1.165) is 0 Å². The molecular formula is C8H7ClO3. The van der Waals surface area contributed by atoms with Gasteiger partial charge in [-0.3, -0.25) is 4.29 Å². The van der Waals surface area contributed by atoms with Crippen molar-refractivity contribution in [3.63, 3.8) is 0 Å². The molecule has 0 unspecified atom stereocenters. The molecule has 0 aliphatic rings. The van der Waals surface area contributed by atoms with Gasteiger partial charge in [-0.05, 0) is 5.56 Å². The van der Waals surface area contributed by atoms with Gasteiger partial charge < -0.3 is 5.11 Å². The summed E-state index contributed by atoms with van der Waals surface area (Å²) in [5.74, 6) is -1.10. The van der Waals surface area contributed by atoms with Crippen LogP contribution in [0.25, 0.3) is 0 Å². The summed E-state index contributed by atoms with van der Waals surface area (Å²) in [6, 6.07) is 8.52. The lowest BCUT2D eigenvalue weighted by Gasteiger charge is -2.06. The van der Waals surface area contributed by atoms with Crippen molar-refractivity contribution in [2.75, 3.05) is 0 Å². The fourth-order valence-corrected chi connectivity index (χ4v) is 1.04. The van der Waals surface area contributed by atoms with Crippen LogP contribution in [0.3, 0.4) is 0 Å². The van der Waals surface area contributed by atoms with Gasteiger partial charge in [0.1, 0.15) is 0 Å². The Morgan fingerprint density at radius 1 is 1.42 bits per heavy atom. The zero-order valence-electron chi connectivity index (χ0n) is 6.11. The molecule has 0 amide bonds. The third-order valence-electron chi connectivity index (χ3n) is 1.42. The van der Waals surface area contributed by atoms with E-state index in [1.165, 1.54) is 0 Å². The minimum atomic E-state index is -1.10. The number of rotatable bonds is 3. The molecule has 1 rings (SSSR count). The predicted octanol–water partition coefficient (Wildman–Crippen LogP) is 1.98.